The quantitative estimate of drug-likeness (QED) is 0.666. The van der Waals surface area contributed by atoms with Crippen LogP contribution in [0.5, 0.6) is 0 Å². The van der Waals surface area contributed by atoms with Gasteiger partial charge in [0.2, 0.25) is 5.95 Å². The van der Waals surface area contributed by atoms with Crippen LogP contribution in [-0.2, 0) is 0 Å². The molecule has 1 aromatic heterocycles. The van der Waals surface area contributed by atoms with Gasteiger partial charge in [0.15, 0.2) is 23.3 Å². The molecule has 19 heavy (non-hydrogen) atoms. The van der Waals surface area contributed by atoms with Crippen LogP contribution >= 0.6 is 0 Å². The zero-order chi connectivity index (χ0) is 14.0. The second kappa shape index (κ2) is 5.09. The van der Waals surface area contributed by atoms with Gasteiger partial charge in [0, 0.05) is 19.2 Å². The summed E-state index contributed by atoms with van der Waals surface area (Å²) in [5.41, 5.74) is -0.432. The lowest BCUT2D eigenvalue weighted by Gasteiger charge is -2.09. The van der Waals surface area contributed by atoms with Crippen LogP contribution in [0.4, 0.5) is 35.0 Å². The van der Waals surface area contributed by atoms with Crippen LogP contribution in [0, 0.1) is 23.3 Å². The first-order chi connectivity index (χ1) is 9.01. The van der Waals surface area contributed by atoms with E-state index in [1.807, 2.05) is 0 Å². The van der Waals surface area contributed by atoms with Crippen molar-refractivity contribution in [2.24, 2.45) is 0 Å². The third kappa shape index (κ3) is 2.72. The van der Waals surface area contributed by atoms with E-state index in [0.717, 1.165) is 6.20 Å². The van der Waals surface area contributed by atoms with Crippen LogP contribution in [-0.4, -0.2) is 17.0 Å². The highest BCUT2D eigenvalue weighted by Crippen LogP contribution is 2.23. The molecule has 0 atom stereocenters. The summed E-state index contributed by atoms with van der Waals surface area (Å²) in [5.74, 6) is -4.78. The van der Waals surface area contributed by atoms with E-state index in [4.69, 9.17) is 0 Å². The molecule has 1 aromatic carbocycles. The Morgan fingerprint density at radius 3 is 2.32 bits per heavy atom. The number of halogens is 4. The highest BCUT2D eigenvalue weighted by atomic mass is 19.2. The molecule has 0 amide bonds. The van der Waals surface area contributed by atoms with Crippen molar-refractivity contribution in [1.29, 1.82) is 0 Å². The molecule has 0 saturated carbocycles. The molecule has 0 radical (unpaired) electrons. The lowest BCUT2D eigenvalue weighted by Crippen LogP contribution is -2.04. The zero-order valence-electron chi connectivity index (χ0n) is 9.64. The summed E-state index contributed by atoms with van der Waals surface area (Å²) in [6.45, 7) is 0. The van der Waals surface area contributed by atoms with Crippen molar-refractivity contribution in [2.45, 2.75) is 0 Å². The van der Waals surface area contributed by atoms with Crippen molar-refractivity contribution in [2.75, 3.05) is 17.7 Å². The molecular formula is C11H8F4N4. The van der Waals surface area contributed by atoms with E-state index in [2.05, 4.69) is 20.6 Å². The van der Waals surface area contributed by atoms with Gasteiger partial charge in [-0.1, -0.05) is 0 Å². The van der Waals surface area contributed by atoms with E-state index in [1.165, 1.54) is 7.05 Å². The Bertz CT molecular complexity index is 618. The first-order valence-electron chi connectivity index (χ1n) is 5.13. The van der Waals surface area contributed by atoms with Gasteiger partial charge >= 0.3 is 0 Å². The van der Waals surface area contributed by atoms with Crippen LogP contribution in [0.3, 0.4) is 0 Å². The summed E-state index contributed by atoms with van der Waals surface area (Å²) in [7, 11) is 1.51. The summed E-state index contributed by atoms with van der Waals surface area (Å²) in [5, 5.41) is 4.79. The Kier molecular flexibility index (Phi) is 3.50. The first kappa shape index (κ1) is 13.1. The predicted octanol–water partition coefficient (Wildman–Crippen LogP) is 2.82. The van der Waals surface area contributed by atoms with Crippen molar-refractivity contribution in [1.82, 2.24) is 9.97 Å². The number of nitrogens with zero attached hydrogens (tertiary/aromatic N) is 2. The maximum atomic E-state index is 13.4. The molecule has 2 rings (SSSR count). The van der Waals surface area contributed by atoms with Crippen molar-refractivity contribution in [3.8, 4) is 0 Å². The molecule has 2 aromatic rings. The average molecular weight is 272 g/mol. The lowest BCUT2D eigenvalue weighted by atomic mass is 10.3. The van der Waals surface area contributed by atoms with E-state index in [9.17, 15) is 17.6 Å². The zero-order valence-corrected chi connectivity index (χ0v) is 9.64. The summed E-state index contributed by atoms with van der Waals surface area (Å²) in [6.07, 6.45) is 0.860. The summed E-state index contributed by atoms with van der Waals surface area (Å²) >= 11 is 0. The van der Waals surface area contributed by atoms with Gasteiger partial charge in [-0.25, -0.2) is 22.5 Å². The molecule has 2 N–H and O–H groups in total. The standard InChI is InChI=1S/C11H8F4N4/c1-16-11-17-4-8(15)10(19-11)18-9-3-6(13)5(12)2-7(9)14/h2-4H,1H3,(H2,16,17,18,19). The fraction of sp³-hybridized carbons (Fsp3) is 0.0909. The van der Waals surface area contributed by atoms with Crippen molar-refractivity contribution in [3.05, 3.63) is 41.6 Å². The number of nitrogens with one attached hydrogen (secondary N) is 2. The van der Waals surface area contributed by atoms with Gasteiger partial charge in [0.05, 0.1) is 11.9 Å². The topological polar surface area (TPSA) is 49.8 Å². The molecule has 0 saturated heterocycles. The minimum Gasteiger partial charge on any atom is -0.357 e. The van der Waals surface area contributed by atoms with Crippen molar-refractivity contribution in [3.63, 3.8) is 0 Å². The third-order valence-corrected chi connectivity index (χ3v) is 2.23. The van der Waals surface area contributed by atoms with E-state index in [0.29, 0.717) is 12.1 Å². The SMILES string of the molecule is CNc1ncc(F)c(Nc2cc(F)c(F)cc2F)n1. The first-order valence-corrected chi connectivity index (χ1v) is 5.13. The number of rotatable bonds is 3. The van der Waals surface area contributed by atoms with Gasteiger partial charge in [0.1, 0.15) is 5.82 Å². The maximum absolute atomic E-state index is 13.4. The van der Waals surface area contributed by atoms with E-state index < -0.39 is 29.0 Å². The highest BCUT2D eigenvalue weighted by Gasteiger charge is 2.13. The fourth-order valence-corrected chi connectivity index (χ4v) is 1.32. The van der Waals surface area contributed by atoms with Gasteiger partial charge in [-0.15, -0.1) is 0 Å². The molecule has 1 heterocycles. The largest absolute Gasteiger partial charge is 0.357 e. The van der Waals surface area contributed by atoms with Crippen molar-refractivity contribution >= 4 is 17.5 Å². The van der Waals surface area contributed by atoms with Crippen LogP contribution in [0.25, 0.3) is 0 Å². The van der Waals surface area contributed by atoms with Gasteiger partial charge in [-0.05, 0) is 0 Å². The van der Waals surface area contributed by atoms with E-state index >= 15 is 0 Å². The molecule has 0 aliphatic carbocycles. The number of hydrogen-bond donors (Lipinski definition) is 2. The maximum Gasteiger partial charge on any atom is 0.224 e. The Hall–Kier alpha value is -2.38. The molecule has 100 valence electrons. The van der Waals surface area contributed by atoms with Gasteiger partial charge in [-0.2, -0.15) is 4.98 Å². The van der Waals surface area contributed by atoms with E-state index in [1.54, 1.807) is 0 Å². The number of benzene rings is 1. The minimum atomic E-state index is -1.33. The minimum absolute atomic E-state index is 0.0897. The van der Waals surface area contributed by atoms with Crippen LogP contribution in [0.15, 0.2) is 18.3 Å². The lowest BCUT2D eigenvalue weighted by molar-refractivity contribution is 0.496. The number of anilines is 3. The third-order valence-electron chi connectivity index (χ3n) is 2.23. The molecule has 4 nitrogen and oxygen atoms in total. The highest BCUT2D eigenvalue weighted by molar-refractivity contribution is 5.58. The normalized spacial score (nSPS) is 10.4. The van der Waals surface area contributed by atoms with Crippen LogP contribution in [0.1, 0.15) is 0 Å². The molecular weight excluding hydrogens is 264 g/mol. The number of aromatic nitrogens is 2. The molecule has 0 aliphatic rings. The Morgan fingerprint density at radius 1 is 0.947 bits per heavy atom. The van der Waals surface area contributed by atoms with Gasteiger partial charge in [-0.3, -0.25) is 0 Å². The van der Waals surface area contributed by atoms with Gasteiger partial charge in [0.25, 0.3) is 0 Å². The molecule has 0 aliphatic heterocycles. The second-order valence-corrected chi connectivity index (χ2v) is 3.51. The molecule has 0 spiro atoms. The Morgan fingerprint density at radius 2 is 1.63 bits per heavy atom. The number of hydrogen-bond acceptors (Lipinski definition) is 4. The van der Waals surface area contributed by atoms with E-state index in [-0.39, 0.29) is 11.8 Å². The molecule has 0 fully saturated rings. The summed E-state index contributed by atoms with van der Waals surface area (Å²) in [4.78, 5) is 7.28. The average Bonchev–Trinajstić information content (AvgIpc) is 2.38. The summed E-state index contributed by atoms with van der Waals surface area (Å²) in [6, 6.07) is 0.932. The van der Waals surface area contributed by atoms with Crippen LogP contribution in [0.2, 0.25) is 0 Å². The summed E-state index contributed by atoms with van der Waals surface area (Å²) < 4.78 is 52.5. The second-order valence-electron chi connectivity index (χ2n) is 3.51. The van der Waals surface area contributed by atoms with Gasteiger partial charge < -0.3 is 10.6 Å². The smallest absolute Gasteiger partial charge is 0.224 e. The Labute approximate surface area is 105 Å². The van der Waals surface area contributed by atoms with Crippen molar-refractivity contribution < 1.29 is 17.6 Å². The Balaban J connectivity index is 2.38. The predicted molar refractivity (Wildman–Crippen MR) is 61.1 cm³/mol. The fourth-order valence-electron chi connectivity index (χ4n) is 1.32. The monoisotopic (exact) mass is 272 g/mol. The molecule has 0 unspecified atom stereocenters. The molecule has 0 bridgehead atoms. The van der Waals surface area contributed by atoms with Crippen LogP contribution < -0.4 is 10.6 Å². The molecule has 8 heteroatoms.